The van der Waals surface area contributed by atoms with Crippen LogP contribution in [0.1, 0.15) is 18.0 Å². The minimum absolute atomic E-state index is 0.251. The summed E-state index contributed by atoms with van der Waals surface area (Å²) in [6.45, 7) is 1.80. The molecule has 4 heteroatoms. The number of rotatable bonds is 4. The summed E-state index contributed by atoms with van der Waals surface area (Å²) in [7, 11) is 0. The van der Waals surface area contributed by atoms with Crippen LogP contribution in [0.25, 0.3) is 0 Å². The number of hydrogen-bond acceptors (Lipinski definition) is 3. The van der Waals surface area contributed by atoms with E-state index in [2.05, 4.69) is 10.6 Å². The van der Waals surface area contributed by atoms with Crippen LogP contribution in [0.4, 0.5) is 0 Å². The maximum atomic E-state index is 11.2. The van der Waals surface area contributed by atoms with Crippen molar-refractivity contribution in [2.45, 2.75) is 18.5 Å². The predicted octanol–water partition coefficient (Wildman–Crippen LogP) is 0.764. The molecule has 0 saturated carbocycles. The van der Waals surface area contributed by atoms with Crippen LogP contribution in [0, 0.1) is 0 Å². The number of carbonyl (C=O) groups is 1. The van der Waals surface area contributed by atoms with Crippen LogP contribution < -0.4 is 10.6 Å². The molecular formula is C12H16N2O2. The molecule has 0 spiro atoms. The molecule has 2 atom stereocenters. The average Bonchev–Trinajstić information content (AvgIpc) is 2.79. The van der Waals surface area contributed by atoms with Gasteiger partial charge in [-0.1, -0.05) is 30.3 Å². The smallest absolute Gasteiger partial charge is 0.325 e. The number of carboxylic acids is 1. The number of aliphatic carboxylic acids is 1. The molecule has 0 radical (unpaired) electrons. The van der Waals surface area contributed by atoms with Crippen molar-refractivity contribution in [3.05, 3.63) is 35.9 Å². The third kappa shape index (κ3) is 2.59. The van der Waals surface area contributed by atoms with E-state index in [4.69, 9.17) is 0 Å². The van der Waals surface area contributed by atoms with Gasteiger partial charge in [-0.2, -0.15) is 0 Å². The zero-order valence-electron chi connectivity index (χ0n) is 9.02. The molecule has 86 valence electrons. The van der Waals surface area contributed by atoms with Gasteiger partial charge >= 0.3 is 5.97 Å². The molecule has 16 heavy (non-hydrogen) atoms. The first-order valence-corrected chi connectivity index (χ1v) is 5.52. The van der Waals surface area contributed by atoms with E-state index in [0.717, 1.165) is 25.1 Å². The standard InChI is InChI=1S/C12H16N2O2/c15-12(16)11(9-4-2-1-3-5-9)14-10-6-7-13-8-10/h1-5,10-11,13-14H,6-8H2,(H,15,16). The lowest BCUT2D eigenvalue weighted by molar-refractivity contribution is -0.139. The van der Waals surface area contributed by atoms with E-state index >= 15 is 0 Å². The highest BCUT2D eigenvalue weighted by molar-refractivity contribution is 5.75. The van der Waals surface area contributed by atoms with Crippen molar-refractivity contribution in [1.29, 1.82) is 0 Å². The lowest BCUT2D eigenvalue weighted by Gasteiger charge is -2.19. The molecule has 1 aliphatic rings. The van der Waals surface area contributed by atoms with Crippen LogP contribution in [0.2, 0.25) is 0 Å². The first-order valence-electron chi connectivity index (χ1n) is 5.52. The monoisotopic (exact) mass is 220 g/mol. The highest BCUT2D eigenvalue weighted by Gasteiger charge is 2.24. The van der Waals surface area contributed by atoms with Gasteiger partial charge in [0.05, 0.1) is 0 Å². The highest BCUT2D eigenvalue weighted by Crippen LogP contribution is 2.14. The molecule has 1 aromatic rings. The van der Waals surface area contributed by atoms with Crippen LogP contribution in [0.3, 0.4) is 0 Å². The Morgan fingerprint density at radius 2 is 2.19 bits per heavy atom. The van der Waals surface area contributed by atoms with Crippen LogP contribution >= 0.6 is 0 Å². The Hall–Kier alpha value is -1.39. The molecule has 2 unspecified atom stereocenters. The molecule has 1 aliphatic heterocycles. The average molecular weight is 220 g/mol. The van der Waals surface area contributed by atoms with Gasteiger partial charge in [0.2, 0.25) is 0 Å². The fraction of sp³-hybridized carbons (Fsp3) is 0.417. The van der Waals surface area contributed by atoms with Gasteiger partial charge < -0.3 is 10.4 Å². The maximum Gasteiger partial charge on any atom is 0.325 e. The lowest BCUT2D eigenvalue weighted by Crippen LogP contribution is -2.38. The van der Waals surface area contributed by atoms with Gasteiger partial charge in [0.1, 0.15) is 6.04 Å². The Morgan fingerprint density at radius 1 is 1.44 bits per heavy atom. The van der Waals surface area contributed by atoms with Crippen molar-refractivity contribution in [1.82, 2.24) is 10.6 Å². The molecule has 1 fully saturated rings. The fourth-order valence-electron chi connectivity index (χ4n) is 1.99. The number of benzene rings is 1. The van der Waals surface area contributed by atoms with Crippen molar-refractivity contribution in [3.63, 3.8) is 0 Å². The predicted molar refractivity (Wildman–Crippen MR) is 61.2 cm³/mol. The van der Waals surface area contributed by atoms with E-state index in [-0.39, 0.29) is 6.04 Å². The highest BCUT2D eigenvalue weighted by atomic mass is 16.4. The summed E-state index contributed by atoms with van der Waals surface area (Å²) in [5.41, 5.74) is 0.807. The first kappa shape index (κ1) is 11.1. The second-order valence-electron chi connectivity index (χ2n) is 4.04. The summed E-state index contributed by atoms with van der Waals surface area (Å²) < 4.78 is 0. The van der Waals surface area contributed by atoms with E-state index in [0.29, 0.717) is 0 Å². The summed E-state index contributed by atoms with van der Waals surface area (Å²) in [6, 6.07) is 8.94. The zero-order valence-corrected chi connectivity index (χ0v) is 9.02. The van der Waals surface area contributed by atoms with Crippen molar-refractivity contribution in [2.75, 3.05) is 13.1 Å². The summed E-state index contributed by atoms with van der Waals surface area (Å²) in [5, 5.41) is 15.6. The second-order valence-corrected chi connectivity index (χ2v) is 4.04. The Balaban J connectivity index is 2.08. The number of hydrogen-bond donors (Lipinski definition) is 3. The van der Waals surface area contributed by atoms with Crippen LogP contribution in [-0.4, -0.2) is 30.2 Å². The van der Waals surface area contributed by atoms with Gasteiger partial charge in [-0.3, -0.25) is 10.1 Å². The van der Waals surface area contributed by atoms with Crippen LogP contribution in [0.15, 0.2) is 30.3 Å². The second kappa shape index (κ2) is 5.09. The maximum absolute atomic E-state index is 11.2. The molecule has 4 nitrogen and oxygen atoms in total. The van der Waals surface area contributed by atoms with E-state index in [1.54, 1.807) is 0 Å². The first-order chi connectivity index (χ1) is 7.77. The Morgan fingerprint density at radius 3 is 2.75 bits per heavy atom. The molecule has 1 heterocycles. The molecule has 0 amide bonds. The molecule has 2 rings (SSSR count). The molecule has 1 aromatic carbocycles. The van der Waals surface area contributed by atoms with Crippen LogP contribution in [0.5, 0.6) is 0 Å². The molecule has 1 saturated heterocycles. The fourth-order valence-corrected chi connectivity index (χ4v) is 1.99. The van der Waals surface area contributed by atoms with Gasteiger partial charge in [0, 0.05) is 12.6 Å². The van der Waals surface area contributed by atoms with E-state index < -0.39 is 12.0 Å². The number of carboxylic acid groups (broad SMARTS) is 1. The van der Waals surface area contributed by atoms with Crippen molar-refractivity contribution in [2.24, 2.45) is 0 Å². The van der Waals surface area contributed by atoms with Gasteiger partial charge in [-0.25, -0.2) is 0 Å². The van der Waals surface area contributed by atoms with Crippen molar-refractivity contribution >= 4 is 5.97 Å². The molecule has 0 bridgehead atoms. The van der Waals surface area contributed by atoms with Gasteiger partial charge in [-0.05, 0) is 18.5 Å². The normalized spacial score (nSPS) is 21.9. The SMILES string of the molecule is O=C(O)C(NC1CCNC1)c1ccccc1. The van der Waals surface area contributed by atoms with Gasteiger partial charge in [-0.15, -0.1) is 0 Å². The summed E-state index contributed by atoms with van der Waals surface area (Å²) in [5.74, 6) is -0.821. The largest absolute Gasteiger partial charge is 0.480 e. The summed E-state index contributed by atoms with van der Waals surface area (Å²) in [6.07, 6.45) is 0.983. The zero-order chi connectivity index (χ0) is 11.4. The van der Waals surface area contributed by atoms with Crippen molar-refractivity contribution < 1.29 is 9.90 Å². The molecule has 3 N–H and O–H groups in total. The third-order valence-electron chi connectivity index (χ3n) is 2.84. The van der Waals surface area contributed by atoms with E-state index in [9.17, 15) is 9.90 Å². The number of nitrogens with one attached hydrogen (secondary N) is 2. The summed E-state index contributed by atoms with van der Waals surface area (Å²) >= 11 is 0. The minimum Gasteiger partial charge on any atom is -0.480 e. The Kier molecular flexibility index (Phi) is 3.54. The van der Waals surface area contributed by atoms with Crippen molar-refractivity contribution in [3.8, 4) is 0 Å². The summed E-state index contributed by atoms with van der Waals surface area (Å²) in [4.78, 5) is 11.2. The quantitative estimate of drug-likeness (QED) is 0.701. The third-order valence-corrected chi connectivity index (χ3v) is 2.84. The van der Waals surface area contributed by atoms with Gasteiger partial charge in [0.25, 0.3) is 0 Å². The van der Waals surface area contributed by atoms with E-state index in [1.807, 2.05) is 30.3 Å². The molecule has 0 aliphatic carbocycles. The Bertz CT molecular complexity index is 347. The van der Waals surface area contributed by atoms with Crippen LogP contribution in [-0.2, 0) is 4.79 Å². The lowest BCUT2D eigenvalue weighted by atomic mass is 10.1. The minimum atomic E-state index is -0.821. The van der Waals surface area contributed by atoms with E-state index in [1.165, 1.54) is 0 Å². The molecule has 0 aromatic heterocycles. The van der Waals surface area contributed by atoms with Gasteiger partial charge in [0.15, 0.2) is 0 Å². The topological polar surface area (TPSA) is 61.4 Å². The Labute approximate surface area is 94.7 Å². The molecular weight excluding hydrogens is 204 g/mol.